The van der Waals surface area contributed by atoms with Crippen molar-refractivity contribution in [3.05, 3.63) is 70.8 Å². The van der Waals surface area contributed by atoms with Gasteiger partial charge in [-0.2, -0.15) is 13.2 Å². The molecule has 33 heavy (non-hydrogen) atoms. The number of benzene rings is 2. The summed E-state index contributed by atoms with van der Waals surface area (Å²) in [4.78, 5) is 13.2. The fourth-order valence-corrected chi connectivity index (χ4v) is 4.87. The lowest BCUT2D eigenvalue weighted by Gasteiger charge is -2.19. The summed E-state index contributed by atoms with van der Waals surface area (Å²) in [6.07, 6.45) is -1.79. The van der Waals surface area contributed by atoms with Crippen molar-refractivity contribution in [3.63, 3.8) is 0 Å². The molecule has 1 amide bonds. The summed E-state index contributed by atoms with van der Waals surface area (Å²) in [5.41, 5.74) is -1.19. The Kier molecular flexibility index (Phi) is 7.08. The van der Waals surface area contributed by atoms with Gasteiger partial charge in [0.15, 0.2) is 11.6 Å². The Hall–Kier alpha value is -2.60. The zero-order valence-corrected chi connectivity index (χ0v) is 19.0. The third-order valence-corrected chi connectivity index (χ3v) is 6.69. The summed E-state index contributed by atoms with van der Waals surface area (Å²) in [5, 5.41) is 2.00. The van der Waals surface area contributed by atoms with E-state index >= 15 is 0 Å². The quantitative estimate of drug-likeness (QED) is 0.536. The number of carbonyl (C=O) groups is 1. The van der Waals surface area contributed by atoms with Crippen LogP contribution in [-0.2, 0) is 21.0 Å². The number of nitrogens with one attached hydrogen (secondary N) is 2. The van der Waals surface area contributed by atoms with Crippen LogP contribution in [0.2, 0.25) is 0 Å². The molecule has 0 saturated carbocycles. The van der Waals surface area contributed by atoms with Crippen LogP contribution in [0.15, 0.2) is 42.5 Å². The molecule has 3 rings (SSSR count). The molecule has 0 spiro atoms. The second-order valence-corrected chi connectivity index (χ2v) is 10.4. The summed E-state index contributed by atoms with van der Waals surface area (Å²) >= 11 is 1.10. The summed E-state index contributed by atoms with van der Waals surface area (Å²) in [7, 11) is -3.90. The Bertz CT molecular complexity index is 1190. The lowest BCUT2D eigenvalue weighted by Crippen LogP contribution is -2.33. The number of halogens is 5. The molecule has 1 heterocycles. The number of amides is 1. The van der Waals surface area contributed by atoms with Crippen LogP contribution < -0.4 is 10.0 Å². The number of anilines is 1. The molecular weight excluding hydrogens is 487 g/mol. The van der Waals surface area contributed by atoms with Gasteiger partial charge < -0.3 is 5.32 Å². The van der Waals surface area contributed by atoms with Crippen molar-refractivity contribution >= 4 is 38.3 Å². The maximum Gasteiger partial charge on any atom is 0.416 e. The lowest BCUT2D eigenvalue weighted by molar-refractivity contribution is -0.137. The Balaban J connectivity index is 1.67. The molecule has 0 saturated heterocycles. The molecule has 2 N–H and O–H groups in total. The molecule has 2 aromatic rings. The number of hydrogen-bond donors (Lipinski definition) is 2. The van der Waals surface area contributed by atoms with Crippen LogP contribution in [0.25, 0.3) is 4.91 Å². The average molecular weight is 507 g/mol. The van der Waals surface area contributed by atoms with Gasteiger partial charge in [0, 0.05) is 4.91 Å². The van der Waals surface area contributed by atoms with E-state index in [1.807, 2.05) is 0 Å². The highest BCUT2D eigenvalue weighted by Crippen LogP contribution is 2.41. The third-order valence-electron chi connectivity index (χ3n) is 4.76. The Morgan fingerprint density at radius 2 is 1.79 bits per heavy atom. The minimum Gasteiger partial charge on any atom is -0.349 e. The summed E-state index contributed by atoms with van der Waals surface area (Å²) < 4.78 is 91.5. The molecule has 12 heteroatoms. The number of sulfonamides is 1. The van der Waals surface area contributed by atoms with Gasteiger partial charge in [-0.3, -0.25) is 9.52 Å². The van der Waals surface area contributed by atoms with Crippen LogP contribution >= 0.6 is 11.8 Å². The van der Waals surface area contributed by atoms with Gasteiger partial charge in [0.1, 0.15) is 5.69 Å². The lowest BCUT2D eigenvalue weighted by atomic mass is 10.1. The van der Waals surface area contributed by atoms with Gasteiger partial charge in [0.25, 0.3) is 0 Å². The molecule has 0 fully saturated rings. The molecule has 2 atom stereocenters. The van der Waals surface area contributed by atoms with E-state index < -0.39 is 56.3 Å². The Morgan fingerprint density at radius 1 is 1.15 bits per heavy atom. The first-order valence-corrected chi connectivity index (χ1v) is 12.3. The summed E-state index contributed by atoms with van der Waals surface area (Å²) in [6.45, 7) is 1.50. The van der Waals surface area contributed by atoms with Gasteiger partial charge in [0.2, 0.25) is 15.9 Å². The molecule has 1 aliphatic heterocycles. The fourth-order valence-electron chi connectivity index (χ4n) is 3.17. The second kappa shape index (κ2) is 9.34. The third kappa shape index (κ3) is 6.26. The maximum atomic E-state index is 14.2. The number of rotatable bonds is 6. The van der Waals surface area contributed by atoms with Gasteiger partial charge >= 0.3 is 6.18 Å². The molecule has 0 aliphatic carbocycles. The van der Waals surface area contributed by atoms with Gasteiger partial charge in [0.05, 0.1) is 23.1 Å². The minimum atomic E-state index is -4.48. The van der Waals surface area contributed by atoms with Gasteiger partial charge in [-0.15, -0.1) is 11.8 Å². The average Bonchev–Trinajstić information content (AvgIpc) is 3.20. The van der Waals surface area contributed by atoms with E-state index in [2.05, 4.69) is 5.32 Å². The van der Waals surface area contributed by atoms with Gasteiger partial charge in [-0.1, -0.05) is 18.2 Å². The molecule has 1 aliphatic rings. The number of allylic oxidation sites excluding steroid dienone is 1. The monoisotopic (exact) mass is 506 g/mol. The molecule has 0 radical (unpaired) electrons. The smallest absolute Gasteiger partial charge is 0.349 e. The first-order valence-electron chi connectivity index (χ1n) is 9.56. The van der Waals surface area contributed by atoms with E-state index in [4.69, 9.17) is 0 Å². The minimum absolute atomic E-state index is 0.0754. The predicted molar refractivity (Wildman–Crippen MR) is 117 cm³/mol. The topological polar surface area (TPSA) is 75.3 Å². The Morgan fingerprint density at radius 3 is 2.36 bits per heavy atom. The van der Waals surface area contributed by atoms with Crippen LogP contribution in [0.3, 0.4) is 0 Å². The zero-order chi connectivity index (χ0) is 24.6. The van der Waals surface area contributed by atoms with Crippen LogP contribution in [0, 0.1) is 11.6 Å². The first kappa shape index (κ1) is 25.0. The maximum absolute atomic E-state index is 14.2. The molecule has 2 aromatic carbocycles. The van der Waals surface area contributed by atoms with E-state index in [1.165, 1.54) is 19.1 Å². The van der Waals surface area contributed by atoms with Crippen LogP contribution in [0.4, 0.5) is 27.6 Å². The summed E-state index contributed by atoms with van der Waals surface area (Å²) in [5.74, 6) is -2.73. The van der Waals surface area contributed by atoms with Crippen LogP contribution in [-0.4, -0.2) is 25.8 Å². The molecular formula is C21H19F5N2O3S2. The van der Waals surface area contributed by atoms with E-state index in [0.29, 0.717) is 10.5 Å². The molecule has 5 nitrogen and oxygen atoms in total. The molecule has 1 unspecified atom stereocenters. The molecule has 0 aromatic heterocycles. The van der Waals surface area contributed by atoms with E-state index in [-0.39, 0.29) is 12.0 Å². The standard InChI is InChI=1S/C21H19F5N2O3S2/c1-11(13-9-15(22)19(16(23)10-13)28-33(2,30)31)27-20(29)18-7-6-17(32-18)12-4-3-5-14(8-12)21(24,25)26/h3-6,8-11,18,28H,7H2,1-2H3,(H,27,29)/t11-,18?/m1/s1. The zero-order valence-electron chi connectivity index (χ0n) is 17.3. The number of thioether (sulfide) groups is 1. The Labute approximate surface area is 191 Å². The van der Waals surface area contributed by atoms with Crippen molar-refractivity contribution in [1.29, 1.82) is 0 Å². The van der Waals surface area contributed by atoms with Crippen molar-refractivity contribution in [3.8, 4) is 0 Å². The number of hydrogen-bond acceptors (Lipinski definition) is 4. The van der Waals surface area contributed by atoms with Crippen LogP contribution in [0.1, 0.15) is 36.1 Å². The highest BCUT2D eigenvalue weighted by molar-refractivity contribution is 8.09. The highest BCUT2D eigenvalue weighted by atomic mass is 32.2. The van der Waals surface area contributed by atoms with E-state index in [0.717, 1.165) is 42.3 Å². The van der Waals surface area contributed by atoms with E-state index in [1.54, 1.807) is 10.8 Å². The fraction of sp³-hybridized carbons (Fsp3) is 0.286. The van der Waals surface area contributed by atoms with Crippen molar-refractivity contribution in [1.82, 2.24) is 5.32 Å². The first-order chi connectivity index (χ1) is 15.2. The van der Waals surface area contributed by atoms with Gasteiger partial charge in [-0.25, -0.2) is 17.2 Å². The largest absolute Gasteiger partial charge is 0.416 e. The summed E-state index contributed by atoms with van der Waals surface area (Å²) in [6, 6.07) is 5.80. The van der Waals surface area contributed by atoms with Crippen molar-refractivity contribution in [2.45, 2.75) is 30.8 Å². The second-order valence-electron chi connectivity index (χ2n) is 7.45. The SMILES string of the molecule is C[C@@H](NC(=O)C1CC=C(c2cccc(C(F)(F)F)c2)S1)c1cc(F)c(NS(C)(=O)=O)c(F)c1. The van der Waals surface area contributed by atoms with Crippen LogP contribution in [0.5, 0.6) is 0 Å². The normalized spacial score (nSPS) is 17.4. The predicted octanol–water partition coefficient (Wildman–Crippen LogP) is 5.08. The van der Waals surface area contributed by atoms with E-state index in [9.17, 15) is 35.2 Å². The van der Waals surface area contributed by atoms with Gasteiger partial charge in [-0.05, 0) is 48.7 Å². The molecule has 178 valence electrons. The van der Waals surface area contributed by atoms with Crippen molar-refractivity contribution in [2.24, 2.45) is 0 Å². The number of alkyl halides is 3. The molecule has 0 bridgehead atoms. The van der Waals surface area contributed by atoms with Crippen molar-refractivity contribution < 1.29 is 35.2 Å². The van der Waals surface area contributed by atoms with Crippen molar-refractivity contribution in [2.75, 3.05) is 11.0 Å². The number of carbonyl (C=O) groups excluding carboxylic acids is 1. The highest BCUT2D eigenvalue weighted by Gasteiger charge is 2.32.